The third kappa shape index (κ3) is 3.15. The van der Waals surface area contributed by atoms with Crippen LogP contribution in [-0.4, -0.2) is 24.4 Å². The van der Waals surface area contributed by atoms with Crippen molar-refractivity contribution in [3.05, 3.63) is 0 Å². The van der Waals surface area contributed by atoms with E-state index in [1.165, 1.54) is 0 Å². The fourth-order valence-electron chi connectivity index (χ4n) is 0.713. The fourth-order valence-corrected chi connectivity index (χ4v) is 1.15. The van der Waals surface area contributed by atoms with Crippen LogP contribution in [0.5, 0.6) is 0 Å². The van der Waals surface area contributed by atoms with Gasteiger partial charge in [0.15, 0.2) is 6.17 Å². The number of hydrogen-bond donors (Lipinski definition) is 1. The summed E-state index contributed by atoms with van der Waals surface area (Å²) >= 11 is 0. The van der Waals surface area contributed by atoms with Gasteiger partial charge in [-0.1, -0.05) is 19.8 Å². The maximum absolute atomic E-state index is 12.6. The highest BCUT2D eigenvalue weighted by Gasteiger charge is 2.51. The van der Waals surface area contributed by atoms with Crippen molar-refractivity contribution in [3.63, 3.8) is 0 Å². The van der Waals surface area contributed by atoms with Crippen LogP contribution in [0, 0.1) is 0 Å². The lowest BCUT2D eigenvalue weighted by molar-refractivity contribution is -0.00689. The van der Waals surface area contributed by atoms with Gasteiger partial charge in [0, 0.05) is 0 Å². The number of unbranched alkanes of at least 4 members (excludes halogenated alkanes) is 1. The Hall–Kier alpha value is -0.300. The van der Waals surface area contributed by atoms with E-state index in [9.17, 15) is 21.6 Å². The predicted octanol–water partition coefficient (Wildman–Crippen LogP) is 2.00. The van der Waals surface area contributed by atoms with Crippen LogP contribution in [0.1, 0.15) is 26.2 Å². The first kappa shape index (κ1) is 12.7. The lowest BCUT2D eigenvalue weighted by Crippen LogP contribution is -2.38. The second-order valence-electron chi connectivity index (χ2n) is 2.65. The van der Waals surface area contributed by atoms with Crippen LogP contribution >= 0.6 is 0 Å². The van der Waals surface area contributed by atoms with E-state index >= 15 is 0 Å². The van der Waals surface area contributed by atoms with Gasteiger partial charge in [0.25, 0.3) is 0 Å². The molecule has 13 heavy (non-hydrogen) atoms. The van der Waals surface area contributed by atoms with Gasteiger partial charge < -0.3 is 0 Å². The second kappa shape index (κ2) is 4.28. The third-order valence-corrected chi connectivity index (χ3v) is 2.46. The number of halogens is 3. The van der Waals surface area contributed by atoms with Gasteiger partial charge in [-0.3, -0.25) is 4.55 Å². The van der Waals surface area contributed by atoms with Crippen LogP contribution in [0.15, 0.2) is 0 Å². The Balaban J connectivity index is 4.46. The lowest BCUT2D eigenvalue weighted by Gasteiger charge is -2.16. The van der Waals surface area contributed by atoms with Crippen molar-refractivity contribution in [1.29, 1.82) is 0 Å². The molecule has 0 aliphatic rings. The Morgan fingerprint density at radius 1 is 1.46 bits per heavy atom. The molecule has 0 aromatic heterocycles. The van der Waals surface area contributed by atoms with E-state index in [1.54, 1.807) is 6.92 Å². The Morgan fingerprint density at radius 3 is 2.23 bits per heavy atom. The van der Waals surface area contributed by atoms with Crippen molar-refractivity contribution in [3.8, 4) is 0 Å². The van der Waals surface area contributed by atoms with E-state index < -0.39 is 28.0 Å². The Kier molecular flexibility index (Phi) is 4.18. The minimum Gasteiger partial charge on any atom is -0.281 e. The zero-order valence-electron chi connectivity index (χ0n) is 7.00. The topological polar surface area (TPSA) is 54.4 Å². The maximum atomic E-state index is 12.6. The molecule has 1 unspecified atom stereocenters. The van der Waals surface area contributed by atoms with E-state index in [0.29, 0.717) is 6.42 Å². The standard InChI is InChI=1S/C6H11F3O3S/c1-2-3-4-5(7)6(8,9)13(10,11)12/h5H,2-4H2,1H3,(H,10,11,12). The second-order valence-corrected chi connectivity index (χ2v) is 4.14. The van der Waals surface area contributed by atoms with Gasteiger partial charge in [-0.05, 0) is 6.42 Å². The maximum Gasteiger partial charge on any atom is 0.400 e. The molecule has 0 amide bonds. The van der Waals surface area contributed by atoms with E-state index in [0.717, 1.165) is 0 Å². The molecule has 0 saturated carbocycles. The van der Waals surface area contributed by atoms with E-state index in [-0.39, 0.29) is 6.42 Å². The van der Waals surface area contributed by atoms with Crippen molar-refractivity contribution in [1.82, 2.24) is 0 Å². The zero-order valence-corrected chi connectivity index (χ0v) is 7.82. The lowest BCUT2D eigenvalue weighted by atomic mass is 10.2. The molecule has 0 aliphatic carbocycles. The summed E-state index contributed by atoms with van der Waals surface area (Å²) in [5.74, 6) is 0. The molecule has 0 aromatic carbocycles. The molecule has 0 spiro atoms. The van der Waals surface area contributed by atoms with Crippen molar-refractivity contribution >= 4 is 10.1 Å². The summed E-state index contributed by atoms with van der Waals surface area (Å²) in [6, 6.07) is 0. The Bertz CT molecular complexity index is 250. The SMILES string of the molecule is CCCCC(F)C(F)(F)S(=O)(=O)O. The number of rotatable bonds is 5. The van der Waals surface area contributed by atoms with E-state index in [2.05, 4.69) is 0 Å². The molecule has 7 heteroatoms. The van der Waals surface area contributed by atoms with Crippen LogP contribution in [0.3, 0.4) is 0 Å². The van der Waals surface area contributed by atoms with E-state index in [4.69, 9.17) is 4.55 Å². The Labute approximate surface area is 74.7 Å². The summed E-state index contributed by atoms with van der Waals surface area (Å²) in [4.78, 5) is 0. The smallest absolute Gasteiger partial charge is 0.281 e. The summed E-state index contributed by atoms with van der Waals surface area (Å²) in [5.41, 5.74) is 0. The summed E-state index contributed by atoms with van der Waals surface area (Å²) in [6.07, 6.45) is -2.81. The van der Waals surface area contributed by atoms with Crippen molar-refractivity contribution in [2.24, 2.45) is 0 Å². The number of alkyl halides is 3. The molecule has 0 heterocycles. The molecule has 0 rings (SSSR count). The third-order valence-electron chi connectivity index (χ3n) is 1.52. The molecule has 0 aliphatic heterocycles. The van der Waals surface area contributed by atoms with Gasteiger partial charge in [-0.2, -0.15) is 17.2 Å². The van der Waals surface area contributed by atoms with Gasteiger partial charge in [0.2, 0.25) is 0 Å². The number of hydrogen-bond acceptors (Lipinski definition) is 2. The van der Waals surface area contributed by atoms with Crippen LogP contribution in [0.2, 0.25) is 0 Å². The molecule has 0 radical (unpaired) electrons. The summed E-state index contributed by atoms with van der Waals surface area (Å²) in [6.45, 7) is 1.65. The molecule has 80 valence electrons. The largest absolute Gasteiger partial charge is 0.400 e. The fraction of sp³-hybridized carbons (Fsp3) is 1.00. The quantitative estimate of drug-likeness (QED) is 0.721. The van der Waals surface area contributed by atoms with Crippen LogP contribution in [-0.2, 0) is 10.1 Å². The summed E-state index contributed by atoms with van der Waals surface area (Å²) < 4.78 is 65.5. The van der Waals surface area contributed by atoms with Gasteiger partial charge in [0.1, 0.15) is 0 Å². The van der Waals surface area contributed by atoms with Crippen LogP contribution in [0.4, 0.5) is 13.2 Å². The Morgan fingerprint density at radius 2 is 1.92 bits per heavy atom. The van der Waals surface area contributed by atoms with Crippen molar-refractivity contribution in [2.45, 2.75) is 37.6 Å². The van der Waals surface area contributed by atoms with Gasteiger partial charge in [-0.15, -0.1) is 0 Å². The minimum atomic E-state index is -5.64. The first-order chi connectivity index (χ1) is 5.73. The molecule has 1 atom stereocenters. The van der Waals surface area contributed by atoms with Gasteiger partial charge in [-0.25, -0.2) is 4.39 Å². The highest BCUT2D eigenvalue weighted by atomic mass is 32.2. The first-order valence-corrected chi connectivity index (χ1v) is 5.16. The van der Waals surface area contributed by atoms with E-state index in [1.807, 2.05) is 0 Å². The van der Waals surface area contributed by atoms with Crippen molar-refractivity contribution in [2.75, 3.05) is 0 Å². The molecule has 3 nitrogen and oxygen atoms in total. The molecule has 0 fully saturated rings. The average molecular weight is 220 g/mol. The predicted molar refractivity (Wildman–Crippen MR) is 40.9 cm³/mol. The molecule has 0 saturated heterocycles. The molecule has 0 bridgehead atoms. The first-order valence-electron chi connectivity index (χ1n) is 3.72. The van der Waals surface area contributed by atoms with Crippen LogP contribution < -0.4 is 0 Å². The molecular weight excluding hydrogens is 209 g/mol. The zero-order chi connectivity index (χ0) is 10.7. The van der Waals surface area contributed by atoms with Crippen molar-refractivity contribution < 1.29 is 26.1 Å². The van der Waals surface area contributed by atoms with Gasteiger partial charge >= 0.3 is 15.4 Å². The minimum absolute atomic E-state index is 0.145. The van der Waals surface area contributed by atoms with Gasteiger partial charge in [0.05, 0.1) is 0 Å². The summed E-state index contributed by atoms with van der Waals surface area (Å²) in [7, 11) is -5.64. The highest BCUT2D eigenvalue weighted by molar-refractivity contribution is 7.86. The molecule has 0 aromatic rings. The molecular formula is C6H11F3O3S. The highest BCUT2D eigenvalue weighted by Crippen LogP contribution is 2.30. The summed E-state index contributed by atoms with van der Waals surface area (Å²) in [5, 5.41) is -4.69. The average Bonchev–Trinajstić information content (AvgIpc) is 1.97. The van der Waals surface area contributed by atoms with Crippen LogP contribution in [0.25, 0.3) is 0 Å². The molecule has 1 N–H and O–H groups in total. The monoisotopic (exact) mass is 220 g/mol. The normalized spacial score (nSPS) is 15.8.